The van der Waals surface area contributed by atoms with Crippen LogP contribution in [0.1, 0.15) is 11.4 Å². The van der Waals surface area contributed by atoms with Gasteiger partial charge in [-0.05, 0) is 37.3 Å². The van der Waals surface area contributed by atoms with E-state index in [0.29, 0.717) is 59.7 Å². The molecule has 0 radical (unpaired) electrons. The fraction of sp³-hybridized carbons (Fsp3) is 0.286. The third-order valence-corrected chi connectivity index (χ3v) is 7.98. The summed E-state index contributed by atoms with van der Waals surface area (Å²) in [6, 6.07) is 11.7. The van der Waals surface area contributed by atoms with Gasteiger partial charge >= 0.3 is 0 Å². The molecule has 9 nitrogen and oxygen atoms in total. The molecule has 0 saturated carbocycles. The van der Waals surface area contributed by atoms with Crippen molar-refractivity contribution in [3.05, 3.63) is 64.2 Å². The molecule has 32 heavy (non-hydrogen) atoms. The smallest absolute Gasteiger partial charge is 0.258 e. The Kier molecular flexibility index (Phi) is 5.49. The van der Waals surface area contributed by atoms with Crippen LogP contribution in [-0.4, -0.2) is 53.4 Å². The van der Waals surface area contributed by atoms with Gasteiger partial charge in [-0.2, -0.15) is 4.31 Å². The van der Waals surface area contributed by atoms with Crippen LogP contribution < -0.4 is 5.56 Å². The Morgan fingerprint density at radius 1 is 1.09 bits per heavy atom. The summed E-state index contributed by atoms with van der Waals surface area (Å²) in [6.07, 6.45) is 0. The maximum absolute atomic E-state index is 12.9. The second kappa shape index (κ2) is 8.32. The van der Waals surface area contributed by atoms with Crippen LogP contribution in [0.3, 0.4) is 0 Å². The molecule has 1 aliphatic rings. The third kappa shape index (κ3) is 3.92. The zero-order chi connectivity index (χ0) is 22.3. The van der Waals surface area contributed by atoms with Crippen molar-refractivity contribution in [2.24, 2.45) is 0 Å². The number of hydrogen-bond donors (Lipinski definition) is 0. The molecule has 1 aliphatic heterocycles. The van der Waals surface area contributed by atoms with Gasteiger partial charge in [0.2, 0.25) is 10.0 Å². The van der Waals surface area contributed by atoms with Gasteiger partial charge < -0.3 is 9.15 Å². The van der Waals surface area contributed by atoms with Crippen molar-refractivity contribution in [3.8, 4) is 0 Å². The van der Waals surface area contributed by atoms with Crippen molar-refractivity contribution in [2.75, 3.05) is 26.3 Å². The van der Waals surface area contributed by atoms with Gasteiger partial charge in [0.15, 0.2) is 5.58 Å². The maximum atomic E-state index is 12.9. The molecular weight excluding hydrogens is 452 g/mol. The molecular formula is C21H20N4O5S2. The molecule has 0 amide bonds. The summed E-state index contributed by atoms with van der Waals surface area (Å²) < 4.78 is 39.7. The van der Waals surface area contributed by atoms with E-state index < -0.39 is 10.0 Å². The maximum Gasteiger partial charge on any atom is 0.258 e. The van der Waals surface area contributed by atoms with E-state index in [1.54, 1.807) is 16.5 Å². The van der Waals surface area contributed by atoms with E-state index in [4.69, 9.17) is 9.15 Å². The normalized spacial score (nSPS) is 15.5. The molecule has 1 aromatic carbocycles. The SMILES string of the molecule is Cc1cccc2nc(CSc3nc4cc(S(=O)(=O)N5CCOCC5)ccc4o3)cc(=O)n12. The van der Waals surface area contributed by atoms with E-state index in [1.807, 2.05) is 19.1 Å². The van der Waals surface area contributed by atoms with Gasteiger partial charge in [0.1, 0.15) is 11.2 Å². The summed E-state index contributed by atoms with van der Waals surface area (Å²) in [6.45, 7) is 3.30. The van der Waals surface area contributed by atoms with Crippen LogP contribution >= 0.6 is 11.8 Å². The van der Waals surface area contributed by atoms with Crippen molar-refractivity contribution in [1.29, 1.82) is 0 Å². The molecule has 3 aromatic heterocycles. The van der Waals surface area contributed by atoms with E-state index in [1.165, 1.54) is 34.3 Å². The highest BCUT2D eigenvalue weighted by Crippen LogP contribution is 2.28. The van der Waals surface area contributed by atoms with Gasteiger partial charge in [0.05, 0.1) is 23.8 Å². The average Bonchev–Trinajstić information content (AvgIpc) is 3.20. The lowest BCUT2D eigenvalue weighted by Gasteiger charge is -2.25. The quantitative estimate of drug-likeness (QED) is 0.408. The second-order valence-corrected chi connectivity index (χ2v) is 10.2. The Labute approximate surface area is 188 Å². The van der Waals surface area contributed by atoms with E-state index in [0.717, 1.165) is 5.69 Å². The van der Waals surface area contributed by atoms with E-state index in [9.17, 15) is 13.2 Å². The van der Waals surface area contributed by atoms with Gasteiger partial charge in [0, 0.05) is 30.6 Å². The van der Waals surface area contributed by atoms with Crippen LogP contribution in [0.25, 0.3) is 16.7 Å². The van der Waals surface area contributed by atoms with Gasteiger partial charge in [-0.1, -0.05) is 17.8 Å². The van der Waals surface area contributed by atoms with Gasteiger partial charge in [-0.15, -0.1) is 0 Å². The number of hydrogen-bond acceptors (Lipinski definition) is 8. The number of sulfonamides is 1. The lowest BCUT2D eigenvalue weighted by Crippen LogP contribution is -2.40. The molecule has 5 rings (SSSR count). The molecule has 0 unspecified atom stereocenters. The topological polar surface area (TPSA) is 107 Å². The summed E-state index contributed by atoms with van der Waals surface area (Å²) in [5, 5.41) is 0.382. The largest absolute Gasteiger partial charge is 0.431 e. The summed E-state index contributed by atoms with van der Waals surface area (Å²) in [5.74, 6) is 0.394. The number of rotatable bonds is 5. The Morgan fingerprint density at radius 3 is 2.72 bits per heavy atom. The first-order valence-electron chi connectivity index (χ1n) is 10.0. The number of pyridine rings is 1. The Morgan fingerprint density at radius 2 is 1.91 bits per heavy atom. The minimum absolute atomic E-state index is 0.140. The number of ether oxygens (including phenoxy) is 1. The van der Waals surface area contributed by atoms with Crippen molar-refractivity contribution in [1.82, 2.24) is 18.7 Å². The number of morpholine rings is 1. The summed E-state index contributed by atoms with van der Waals surface area (Å²) in [4.78, 5) is 21.6. The molecule has 11 heteroatoms. The Bertz CT molecular complexity index is 1470. The van der Waals surface area contributed by atoms with Crippen LogP contribution in [0.2, 0.25) is 0 Å². The van der Waals surface area contributed by atoms with Crippen LogP contribution in [0.15, 0.2) is 61.8 Å². The van der Waals surface area contributed by atoms with Crippen LogP contribution in [0.5, 0.6) is 0 Å². The zero-order valence-corrected chi connectivity index (χ0v) is 18.9. The van der Waals surface area contributed by atoms with Gasteiger partial charge in [-0.3, -0.25) is 9.20 Å². The number of oxazole rings is 1. The number of nitrogens with zero attached hydrogens (tertiary/aromatic N) is 4. The second-order valence-electron chi connectivity index (χ2n) is 7.36. The van der Waals surface area contributed by atoms with Crippen molar-refractivity contribution in [3.63, 3.8) is 0 Å². The monoisotopic (exact) mass is 472 g/mol. The number of fused-ring (bicyclic) bond motifs is 2. The lowest BCUT2D eigenvalue weighted by molar-refractivity contribution is 0.0730. The standard InChI is InChI=1S/C21H20N4O5S2/c1-14-3-2-4-19-22-15(11-20(26)25(14)19)13-31-21-23-17-12-16(5-6-18(17)30-21)32(27,28)24-7-9-29-10-8-24/h2-6,11-12H,7-10,13H2,1H3. The van der Waals surface area contributed by atoms with Crippen molar-refractivity contribution < 1.29 is 17.6 Å². The number of aryl methyl sites for hydroxylation is 1. The first-order chi connectivity index (χ1) is 15.4. The van der Waals surface area contributed by atoms with E-state index in [-0.39, 0.29) is 10.5 Å². The molecule has 1 saturated heterocycles. The fourth-order valence-electron chi connectivity index (χ4n) is 3.62. The minimum atomic E-state index is -3.61. The molecule has 4 aromatic rings. The molecule has 0 spiro atoms. The van der Waals surface area contributed by atoms with E-state index >= 15 is 0 Å². The average molecular weight is 473 g/mol. The van der Waals surface area contributed by atoms with Gasteiger partial charge in [-0.25, -0.2) is 18.4 Å². The molecule has 4 heterocycles. The van der Waals surface area contributed by atoms with Crippen molar-refractivity contribution in [2.45, 2.75) is 22.8 Å². The summed E-state index contributed by atoms with van der Waals surface area (Å²) >= 11 is 1.30. The molecule has 1 fully saturated rings. The Hall–Kier alpha value is -2.73. The first kappa shape index (κ1) is 21.1. The van der Waals surface area contributed by atoms with E-state index in [2.05, 4.69) is 9.97 Å². The molecule has 166 valence electrons. The van der Waals surface area contributed by atoms with Crippen molar-refractivity contribution >= 4 is 38.5 Å². The highest BCUT2D eigenvalue weighted by molar-refractivity contribution is 7.98. The minimum Gasteiger partial charge on any atom is -0.431 e. The first-order valence-corrected chi connectivity index (χ1v) is 12.4. The summed E-state index contributed by atoms with van der Waals surface area (Å²) in [5.41, 5.74) is 2.84. The predicted octanol–water partition coefficient (Wildman–Crippen LogP) is 2.46. The van der Waals surface area contributed by atoms with Crippen LogP contribution in [0, 0.1) is 6.92 Å². The number of benzene rings is 1. The predicted molar refractivity (Wildman–Crippen MR) is 119 cm³/mol. The molecule has 0 atom stereocenters. The summed E-state index contributed by atoms with van der Waals surface area (Å²) in [7, 11) is -3.61. The third-order valence-electron chi connectivity index (χ3n) is 5.22. The molecule has 0 aliphatic carbocycles. The molecule has 0 bridgehead atoms. The highest BCUT2D eigenvalue weighted by atomic mass is 32.2. The highest BCUT2D eigenvalue weighted by Gasteiger charge is 2.27. The van der Waals surface area contributed by atoms with Crippen LogP contribution in [-0.2, 0) is 20.5 Å². The lowest BCUT2D eigenvalue weighted by atomic mass is 10.3. The zero-order valence-electron chi connectivity index (χ0n) is 17.2. The molecule has 0 N–H and O–H groups in total. The Balaban J connectivity index is 1.38. The fourth-order valence-corrected chi connectivity index (χ4v) is 5.78. The number of thioether (sulfide) groups is 1. The van der Waals surface area contributed by atoms with Gasteiger partial charge in [0.25, 0.3) is 10.8 Å². The number of aromatic nitrogens is 3. The van der Waals surface area contributed by atoms with Crippen LogP contribution in [0.4, 0.5) is 0 Å².